The van der Waals surface area contributed by atoms with Crippen LogP contribution in [0.4, 0.5) is 0 Å². The van der Waals surface area contributed by atoms with Crippen LogP contribution < -0.4 is 0 Å². The highest BCUT2D eigenvalue weighted by Crippen LogP contribution is 2.19. The largest absolute Gasteiger partial charge is 0.389 e. The summed E-state index contributed by atoms with van der Waals surface area (Å²) in [5, 5.41) is 9.87. The quantitative estimate of drug-likeness (QED) is 0.762. The van der Waals surface area contributed by atoms with Crippen LogP contribution in [0.15, 0.2) is 0 Å². The Morgan fingerprint density at radius 2 is 2.12 bits per heavy atom. The van der Waals surface area contributed by atoms with Crippen molar-refractivity contribution in [3.63, 3.8) is 0 Å². The van der Waals surface area contributed by atoms with Gasteiger partial charge >= 0.3 is 0 Å². The van der Waals surface area contributed by atoms with Gasteiger partial charge in [-0.05, 0) is 32.7 Å². The molecule has 1 rings (SSSR count). The Kier molecular flexibility index (Phi) is 6.41. The summed E-state index contributed by atoms with van der Waals surface area (Å²) in [6, 6.07) is 0. The minimum absolute atomic E-state index is 0.178. The molecule has 4 nitrogen and oxygen atoms in total. The van der Waals surface area contributed by atoms with Gasteiger partial charge in [0.2, 0.25) is 0 Å². The molecule has 0 radical (unpaired) electrons. The third kappa shape index (κ3) is 5.34. The molecule has 3 unspecified atom stereocenters. The Balaban J connectivity index is 2.26. The predicted molar refractivity (Wildman–Crippen MR) is 68.1 cm³/mol. The predicted octanol–water partition coefficient (Wildman–Crippen LogP) is 1.13. The van der Waals surface area contributed by atoms with E-state index in [0.717, 1.165) is 19.5 Å². The van der Waals surface area contributed by atoms with Crippen LogP contribution in [0.2, 0.25) is 0 Å². The van der Waals surface area contributed by atoms with Crippen LogP contribution in [0.3, 0.4) is 0 Å². The zero-order chi connectivity index (χ0) is 12.8. The van der Waals surface area contributed by atoms with Crippen LogP contribution in [0, 0.1) is 5.92 Å². The smallest absolute Gasteiger partial charge is 0.0900 e. The summed E-state index contributed by atoms with van der Waals surface area (Å²) in [5.74, 6) is 0.611. The lowest BCUT2D eigenvalue weighted by molar-refractivity contribution is -0.0401. The van der Waals surface area contributed by atoms with E-state index in [1.165, 1.54) is 0 Å². The maximum absolute atomic E-state index is 9.87. The number of rotatable bonds is 6. The van der Waals surface area contributed by atoms with Gasteiger partial charge in [0.05, 0.1) is 24.9 Å². The number of ether oxygens (including phenoxy) is 2. The summed E-state index contributed by atoms with van der Waals surface area (Å²) < 4.78 is 10.9. The van der Waals surface area contributed by atoms with E-state index in [1.807, 2.05) is 13.8 Å². The van der Waals surface area contributed by atoms with Gasteiger partial charge in [-0.2, -0.15) is 0 Å². The normalized spacial score (nSPS) is 28.6. The molecule has 0 bridgehead atoms. The Labute approximate surface area is 105 Å². The molecule has 1 fully saturated rings. The highest BCUT2D eigenvalue weighted by atomic mass is 16.5. The fraction of sp³-hybridized carbons (Fsp3) is 1.00. The average molecular weight is 245 g/mol. The van der Waals surface area contributed by atoms with Crippen molar-refractivity contribution < 1.29 is 14.6 Å². The molecule has 1 heterocycles. The fourth-order valence-electron chi connectivity index (χ4n) is 2.22. The Bertz CT molecular complexity index is 211. The van der Waals surface area contributed by atoms with Crippen molar-refractivity contribution in [3.8, 4) is 0 Å². The molecule has 0 aromatic rings. The summed E-state index contributed by atoms with van der Waals surface area (Å²) in [5.41, 5.74) is 0. The molecule has 17 heavy (non-hydrogen) atoms. The number of aliphatic hydroxyl groups is 1. The van der Waals surface area contributed by atoms with E-state index in [1.54, 1.807) is 7.11 Å². The number of likely N-dealkylation sites (tertiary alicyclic amines) is 1. The average Bonchev–Trinajstić information content (AvgIpc) is 2.29. The van der Waals surface area contributed by atoms with Gasteiger partial charge in [0, 0.05) is 20.2 Å². The highest BCUT2D eigenvalue weighted by Gasteiger charge is 2.26. The highest BCUT2D eigenvalue weighted by molar-refractivity contribution is 4.79. The lowest BCUT2D eigenvalue weighted by Gasteiger charge is -2.37. The van der Waals surface area contributed by atoms with Gasteiger partial charge in [0.1, 0.15) is 0 Å². The van der Waals surface area contributed by atoms with Crippen molar-refractivity contribution >= 4 is 0 Å². The van der Waals surface area contributed by atoms with E-state index in [4.69, 9.17) is 9.47 Å². The molecule has 0 spiro atoms. The minimum atomic E-state index is -0.400. The maximum Gasteiger partial charge on any atom is 0.0900 e. The SMILES string of the molecule is COC1CN(CC(O)COC(C)C)CCC1C. The summed E-state index contributed by atoms with van der Waals surface area (Å²) >= 11 is 0. The number of piperidine rings is 1. The monoisotopic (exact) mass is 245 g/mol. The third-order valence-corrected chi connectivity index (χ3v) is 3.37. The molecular formula is C13H27NO3. The second-order valence-electron chi connectivity index (χ2n) is 5.34. The Hall–Kier alpha value is -0.160. The molecule has 0 aliphatic carbocycles. The van der Waals surface area contributed by atoms with Crippen molar-refractivity contribution in [3.05, 3.63) is 0 Å². The van der Waals surface area contributed by atoms with Gasteiger partial charge in [-0.15, -0.1) is 0 Å². The summed E-state index contributed by atoms with van der Waals surface area (Å²) in [4.78, 5) is 2.27. The summed E-state index contributed by atoms with van der Waals surface area (Å²) in [6.07, 6.45) is 1.21. The van der Waals surface area contributed by atoms with E-state index in [9.17, 15) is 5.11 Å². The Morgan fingerprint density at radius 1 is 1.41 bits per heavy atom. The third-order valence-electron chi connectivity index (χ3n) is 3.37. The van der Waals surface area contributed by atoms with Crippen molar-refractivity contribution in [2.75, 3.05) is 33.4 Å². The number of methoxy groups -OCH3 is 1. The zero-order valence-corrected chi connectivity index (χ0v) is 11.6. The van der Waals surface area contributed by atoms with Crippen molar-refractivity contribution in [2.24, 2.45) is 5.92 Å². The number of aliphatic hydroxyl groups excluding tert-OH is 1. The van der Waals surface area contributed by atoms with Gasteiger partial charge in [0.25, 0.3) is 0 Å². The number of hydrogen-bond donors (Lipinski definition) is 1. The minimum Gasteiger partial charge on any atom is -0.389 e. The van der Waals surface area contributed by atoms with E-state index in [2.05, 4.69) is 11.8 Å². The molecule has 1 saturated heterocycles. The van der Waals surface area contributed by atoms with Crippen LogP contribution >= 0.6 is 0 Å². The summed E-state index contributed by atoms with van der Waals surface area (Å²) in [6.45, 7) is 9.24. The molecule has 1 aliphatic rings. The first kappa shape index (κ1) is 14.9. The molecule has 0 aromatic heterocycles. The van der Waals surface area contributed by atoms with E-state index < -0.39 is 6.10 Å². The molecule has 102 valence electrons. The molecular weight excluding hydrogens is 218 g/mol. The first-order valence-corrected chi connectivity index (χ1v) is 6.57. The molecule has 0 amide bonds. The second kappa shape index (κ2) is 7.31. The number of nitrogens with zero attached hydrogens (tertiary/aromatic N) is 1. The van der Waals surface area contributed by atoms with Gasteiger partial charge < -0.3 is 14.6 Å². The maximum atomic E-state index is 9.87. The van der Waals surface area contributed by atoms with Crippen LogP contribution in [-0.4, -0.2) is 61.7 Å². The second-order valence-corrected chi connectivity index (χ2v) is 5.34. The van der Waals surface area contributed by atoms with Gasteiger partial charge in [-0.1, -0.05) is 6.92 Å². The van der Waals surface area contributed by atoms with E-state index >= 15 is 0 Å². The lowest BCUT2D eigenvalue weighted by atomic mass is 9.95. The van der Waals surface area contributed by atoms with Crippen LogP contribution in [0.5, 0.6) is 0 Å². The van der Waals surface area contributed by atoms with Crippen LogP contribution in [0.25, 0.3) is 0 Å². The van der Waals surface area contributed by atoms with Crippen molar-refractivity contribution in [1.29, 1.82) is 0 Å². The summed E-state index contributed by atoms with van der Waals surface area (Å²) in [7, 11) is 1.77. The van der Waals surface area contributed by atoms with Gasteiger partial charge in [-0.25, -0.2) is 0 Å². The number of β-amino-alcohol motifs (C(OH)–C–C–N with tert-alkyl or cyclic N) is 1. The van der Waals surface area contributed by atoms with E-state index in [0.29, 0.717) is 25.2 Å². The van der Waals surface area contributed by atoms with Gasteiger partial charge in [-0.3, -0.25) is 4.90 Å². The molecule has 0 aromatic carbocycles. The van der Waals surface area contributed by atoms with Crippen molar-refractivity contribution in [2.45, 2.75) is 45.5 Å². The van der Waals surface area contributed by atoms with Crippen molar-refractivity contribution in [1.82, 2.24) is 4.90 Å². The number of hydrogen-bond acceptors (Lipinski definition) is 4. The van der Waals surface area contributed by atoms with Gasteiger partial charge in [0.15, 0.2) is 0 Å². The standard InChI is InChI=1S/C13H27NO3/c1-10(2)17-9-12(15)7-14-6-5-11(3)13(8-14)16-4/h10-13,15H,5-9H2,1-4H3. The zero-order valence-electron chi connectivity index (χ0n) is 11.6. The van der Waals surface area contributed by atoms with E-state index in [-0.39, 0.29) is 6.10 Å². The van der Waals surface area contributed by atoms with Crippen LogP contribution in [-0.2, 0) is 9.47 Å². The Morgan fingerprint density at radius 3 is 2.71 bits per heavy atom. The molecule has 1 aliphatic heterocycles. The molecule has 4 heteroatoms. The first-order chi connectivity index (χ1) is 8.02. The first-order valence-electron chi connectivity index (χ1n) is 6.57. The molecule has 1 N–H and O–H groups in total. The van der Waals surface area contributed by atoms with Crippen LogP contribution in [0.1, 0.15) is 27.2 Å². The molecule has 0 saturated carbocycles. The fourth-order valence-corrected chi connectivity index (χ4v) is 2.22. The molecule has 3 atom stereocenters. The topological polar surface area (TPSA) is 41.9 Å². The lowest BCUT2D eigenvalue weighted by Crippen LogP contribution is -2.47.